The Morgan fingerprint density at radius 3 is 2.17 bits per heavy atom. The minimum atomic E-state index is -4.39. The van der Waals surface area contributed by atoms with Crippen molar-refractivity contribution in [1.82, 2.24) is 14.7 Å². The molecule has 0 unspecified atom stereocenters. The Bertz CT molecular complexity index is 1500. The molecule has 0 radical (unpaired) electrons. The minimum Gasteiger partial charge on any atom is -0.251 e. The largest absolute Gasteiger partial charge is 0.416 e. The van der Waals surface area contributed by atoms with Gasteiger partial charge in [-0.25, -0.2) is 18.1 Å². The Hall–Kier alpha value is -3.08. The van der Waals surface area contributed by atoms with Gasteiger partial charge in [0.2, 0.25) is 10.0 Å². The van der Waals surface area contributed by atoms with Crippen LogP contribution in [0.2, 0.25) is 0 Å². The summed E-state index contributed by atoms with van der Waals surface area (Å²) in [4.78, 5) is 9.36. The Morgan fingerprint density at radius 1 is 0.833 bits per heavy atom. The molecule has 4 aromatic rings. The molecule has 0 aliphatic heterocycles. The molecule has 0 atom stereocenters. The second-order valence-electron chi connectivity index (χ2n) is 9.38. The molecule has 0 amide bonds. The fourth-order valence-corrected chi connectivity index (χ4v) is 5.86. The molecule has 0 spiro atoms. The van der Waals surface area contributed by atoms with E-state index < -0.39 is 27.3 Å². The van der Waals surface area contributed by atoms with Gasteiger partial charge in [-0.1, -0.05) is 24.3 Å². The summed E-state index contributed by atoms with van der Waals surface area (Å²) in [5.41, 5.74) is 2.56. The predicted octanol–water partition coefficient (Wildman–Crippen LogP) is 6.94. The number of halogens is 3. The van der Waals surface area contributed by atoms with Crippen LogP contribution in [0.15, 0.2) is 70.9 Å². The van der Waals surface area contributed by atoms with Crippen LogP contribution in [-0.4, -0.2) is 23.9 Å². The molecule has 0 aliphatic rings. The van der Waals surface area contributed by atoms with Crippen molar-refractivity contribution < 1.29 is 21.6 Å². The molecule has 2 aromatic carbocycles. The van der Waals surface area contributed by atoms with Crippen LogP contribution in [0.25, 0.3) is 33.1 Å². The number of nitrogens with zero attached hydrogens (tertiary/aromatic N) is 2. The molecule has 2 aromatic heterocycles. The highest BCUT2D eigenvalue weighted by atomic mass is 32.2. The highest BCUT2D eigenvalue weighted by Crippen LogP contribution is 2.34. The van der Waals surface area contributed by atoms with Crippen LogP contribution in [0.5, 0.6) is 0 Å². The lowest BCUT2D eigenvalue weighted by molar-refractivity contribution is -0.137. The van der Waals surface area contributed by atoms with E-state index in [1.807, 2.05) is 12.3 Å². The van der Waals surface area contributed by atoms with E-state index in [-0.39, 0.29) is 4.90 Å². The molecule has 36 heavy (non-hydrogen) atoms. The first-order chi connectivity index (χ1) is 16.7. The highest BCUT2D eigenvalue weighted by molar-refractivity contribution is 7.89. The number of pyridine rings is 1. The van der Waals surface area contributed by atoms with Crippen molar-refractivity contribution in [1.29, 1.82) is 0 Å². The smallest absolute Gasteiger partial charge is 0.251 e. The van der Waals surface area contributed by atoms with Gasteiger partial charge in [-0.05, 0) is 75.2 Å². The van der Waals surface area contributed by atoms with Crippen LogP contribution in [-0.2, 0) is 16.2 Å². The summed E-state index contributed by atoms with van der Waals surface area (Å²) in [6.07, 6.45) is -4.39. The van der Waals surface area contributed by atoms with Crippen molar-refractivity contribution >= 4 is 21.4 Å². The molecule has 10 heteroatoms. The molecule has 0 fully saturated rings. The van der Waals surface area contributed by atoms with Crippen molar-refractivity contribution in [2.45, 2.75) is 44.3 Å². The molecule has 0 saturated heterocycles. The zero-order valence-corrected chi connectivity index (χ0v) is 21.6. The number of rotatable bonds is 5. The Labute approximate surface area is 212 Å². The van der Waals surface area contributed by atoms with E-state index in [1.165, 1.54) is 29.5 Å². The number of hydrogen-bond donors (Lipinski definition) is 1. The number of sulfonamides is 1. The summed E-state index contributed by atoms with van der Waals surface area (Å²) in [6.45, 7) is 7.13. The first-order valence-corrected chi connectivity index (χ1v) is 13.3. The second kappa shape index (κ2) is 9.42. The fourth-order valence-electron chi connectivity index (χ4n) is 3.61. The summed E-state index contributed by atoms with van der Waals surface area (Å²) in [7, 11) is -3.71. The Balaban J connectivity index is 1.65. The van der Waals surface area contributed by atoms with Gasteiger partial charge in [0.15, 0.2) is 0 Å². The van der Waals surface area contributed by atoms with Crippen molar-refractivity contribution in [3.63, 3.8) is 0 Å². The van der Waals surface area contributed by atoms with Crippen LogP contribution in [0.3, 0.4) is 0 Å². The van der Waals surface area contributed by atoms with Crippen LogP contribution in [0.4, 0.5) is 13.2 Å². The topological polar surface area (TPSA) is 72.0 Å². The minimum absolute atomic E-state index is 0.141. The molecule has 2 heterocycles. The average Bonchev–Trinajstić information content (AvgIpc) is 3.27. The average molecular weight is 532 g/mol. The summed E-state index contributed by atoms with van der Waals surface area (Å²) in [5, 5.41) is 2.43. The van der Waals surface area contributed by atoms with Gasteiger partial charge in [-0.3, -0.25) is 4.98 Å². The van der Waals surface area contributed by atoms with Gasteiger partial charge in [-0.2, -0.15) is 13.2 Å². The number of hydrogen-bond acceptors (Lipinski definition) is 5. The molecule has 0 bridgehead atoms. The fraction of sp³-hybridized carbons (Fsp3) is 0.231. The maximum absolute atomic E-state index is 12.9. The first kappa shape index (κ1) is 26.0. The lowest BCUT2D eigenvalue weighted by Crippen LogP contribution is -2.40. The number of alkyl halides is 3. The van der Waals surface area contributed by atoms with E-state index in [0.29, 0.717) is 33.2 Å². The van der Waals surface area contributed by atoms with Gasteiger partial charge < -0.3 is 0 Å². The summed E-state index contributed by atoms with van der Waals surface area (Å²) >= 11 is 1.35. The molecular formula is C26H24F3N3O2S2. The standard InChI is InChI=1S/C26H24F3N3O2S2/c1-16-12-19(17-8-10-20(11-9-17)26(27,28)29)14-22(30-16)24-31-23(15-35-24)18-6-5-7-21(13-18)36(33,34)32-25(2,3)4/h5-15,32H,1-4H3. The molecule has 1 N–H and O–H groups in total. The van der Waals surface area contributed by atoms with Crippen LogP contribution in [0.1, 0.15) is 32.0 Å². The van der Waals surface area contributed by atoms with Crippen molar-refractivity contribution in [3.8, 4) is 33.1 Å². The molecule has 0 aliphatic carbocycles. The third-order valence-electron chi connectivity index (χ3n) is 5.10. The van der Waals surface area contributed by atoms with Gasteiger partial charge in [-0.15, -0.1) is 11.3 Å². The van der Waals surface area contributed by atoms with Crippen LogP contribution in [0, 0.1) is 6.92 Å². The molecule has 188 valence electrons. The highest BCUT2D eigenvalue weighted by Gasteiger charge is 2.30. The van der Waals surface area contributed by atoms with E-state index in [9.17, 15) is 21.6 Å². The van der Waals surface area contributed by atoms with Crippen LogP contribution >= 0.6 is 11.3 Å². The van der Waals surface area contributed by atoms with E-state index >= 15 is 0 Å². The van der Waals surface area contributed by atoms with Gasteiger partial charge in [0, 0.05) is 22.2 Å². The quantitative estimate of drug-likeness (QED) is 0.303. The van der Waals surface area contributed by atoms with Gasteiger partial charge in [0.25, 0.3) is 0 Å². The van der Waals surface area contributed by atoms with Gasteiger partial charge in [0.05, 0.1) is 21.8 Å². The second-order valence-corrected chi connectivity index (χ2v) is 11.9. The van der Waals surface area contributed by atoms with Crippen molar-refractivity contribution in [2.24, 2.45) is 0 Å². The normalized spacial score (nSPS) is 12.6. The zero-order valence-electron chi connectivity index (χ0n) is 20.0. The number of benzene rings is 2. The summed E-state index contributed by atoms with van der Waals surface area (Å²) < 4.78 is 66.9. The number of nitrogens with one attached hydrogen (secondary N) is 1. The molecular weight excluding hydrogens is 507 g/mol. The third-order valence-corrected chi connectivity index (χ3v) is 7.72. The number of aromatic nitrogens is 2. The Kier molecular flexibility index (Phi) is 6.80. The lowest BCUT2D eigenvalue weighted by atomic mass is 10.0. The predicted molar refractivity (Wildman–Crippen MR) is 136 cm³/mol. The van der Waals surface area contributed by atoms with Crippen molar-refractivity contribution in [3.05, 3.63) is 77.3 Å². The maximum Gasteiger partial charge on any atom is 0.416 e. The van der Waals surface area contributed by atoms with E-state index in [4.69, 9.17) is 0 Å². The molecule has 5 nitrogen and oxygen atoms in total. The number of thiazole rings is 1. The lowest BCUT2D eigenvalue weighted by Gasteiger charge is -2.20. The zero-order chi connectivity index (χ0) is 26.3. The Morgan fingerprint density at radius 2 is 1.53 bits per heavy atom. The van der Waals surface area contributed by atoms with E-state index in [2.05, 4.69) is 14.7 Å². The SMILES string of the molecule is Cc1cc(-c2ccc(C(F)(F)F)cc2)cc(-c2nc(-c3cccc(S(=O)(=O)NC(C)(C)C)c3)cs2)n1. The number of aryl methyl sites for hydroxylation is 1. The van der Waals surface area contributed by atoms with Gasteiger partial charge >= 0.3 is 6.18 Å². The summed E-state index contributed by atoms with van der Waals surface area (Å²) in [6, 6.07) is 15.1. The van der Waals surface area contributed by atoms with E-state index in [1.54, 1.807) is 51.1 Å². The summed E-state index contributed by atoms with van der Waals surface area (Å²) in [5.74, 6) is 0. The maximum atomic E-state index is 12.9. The third kappa shape index (κ3) is 6.00. The van der Waals surface area contributed by atoms with Crippen LogP contribution < -0.4 is 4.72 Å². The van der Waals surface area contributed by atoms with Gasteiger partial charge in [0.1, 0.15) is 5.01 Å². The molecule has 4 rings (SSSR count). The van der Waals surface area contributed by atoms with Crippen molar-refractivity contribution in [2.75, 3.05) is 0 Å². The van der Waals surface area contributed by atoms with E-state index in [0.717, 1.165) is 17.7 Å². The molecule has 0 saturated carbocycles. The first-order valence-electron chi connectivity index (χ1n) is 11.0. The monoisotopic (exact) mass is 531 g/mol.